The average molecular weight is 328 g/mol. The van der Waals surface area contributed by atoms with Crippen molar-refractivity contribution in [2.24, 2.45) is 5.92 Å². The Morgan fingerprint density at radius 2 is 2.14 bits per heavy atom. The summed E-state index contributed by atoms with van der Waals surface area (Å²) in [5.41, 5.74) is 1.17. The molecule has 0 unspecified atom stereocenters. The number of anilines is 1. The topological polar surface area (TPSA) is 66.5 Å². The SMILES string of the molecule is CN(C)c1ccc(CNC(=O)C[C@@H]2CCS(=O)(=O)C2)cc1F. The Morgan fingerprint density at radius 1 is 1.41 bits per heavy atom. The molecule has 5 nitrogen and oxygen atoms in total. The van der Waals surface area contributed by atoms with Crippen molar-refractivity contribution >= 4 is 21.4 Å². The third kappa shape index (κ3) is 4.43. The molecule has 2 rings (SSSR count). The van der Waals surface area contributed by atoms with E-state index in [1.807, 2.05) is 0 Å². The molecule has 0 spiro atoms. The van der Waals surface area contributed by atoms with Crippen LogP contribution in [0.25, 0.3) is 0 Å². The second-order valence-corrected chi connectivity index (χ2v) is 8.16. The molecule has 1 aromatic carbocycles. The molecule has 1 amide bonds. The molecule has 0 bridgehead atoms. The molecule has 22 heavy (non-hydrogen) atoms. The lowest BCUT2D eigenvalue weighted by molar-refractivity contribution is -0.122. The molecule has 7 heteroatoms. The maximum Gasteiger partial charge on any atom is 0.220 e. The summed E-state index contributed by atoms with van der Waals surface area (Å²) in [6.45, 7) is 0.239. The molecule has 122 valence electrons. The van der Waals surface area contributed by atoms with E-state index in [4.69, 9.17) is 0 Å². The van der Waals surface area contributed by atoms with Crippen molar-refractivity contribution in [3.8, 4) is 0 Å². The fourth-order valence-corrected chi connectivity index (χ4v) is 4.45. The Labute approximate surface area is 130 Å². The Morgan fingerprint density at radius 3 is 2.68 bits per heavy atom. The van der Waals surface area contributed by atoms with Gasteiger partial charge in [-0.15, -0.1) is 0 Å². The largest absolute Gasteiger partial charge is 0.375 e. The molecule has 0 aromatic heterocycles. The van der Waals surface area contributed by atoms with Gasteiger partial charge in [-0.2, -0.15) is 0 Å². The summed E-state index contributed by atoms with van der Waals surface area (Å²) in [6.07, 6.45) is 0.749. The summed E-state index contributed by atoms with van der Waals surface area (Å²) in [5.74, 6) is -0.370. The first kappa shape index (κ1) is 16.7. The number of benzene rings is 1. The fraction of sp³-hybridized carbons (Fsp3) is 0.533. The number of carbonyl (C=O) groups excluding carboxylic acids is 1. The van der Waals surface area contributed by atoms with E-state index in [1.54, 1.807) is 31.1 Å². The van der Waals surface area contributed by atoms with Crippen LogP contribution in [0.15, 0.2) is 18.2 Å². The molecule has 1 saturated heterocycles. The van der Waals surface area contributed by atoms with Gasteiger partial charge in [0.15, 0.2) is 9.84 Å². The third-order valence-corrected chi connectivity index (χ3v) is 5.62. The second kappa shape index (κ2) is 6.64. The number of halogens is 1. The number of nitrogens with one attached hydrogen (secondary N) is 1. The lowest BCUT2D eigenvalue weighted by atomic mass is 10.0. The predicted molar refractivity (Wildman–Crippen MR) is 84.0 cm³/mol. The van der Waals surface area contributed by atoms with E-state index in [1.165, 1.54) is 6.07 Å². The van der Waals surface area contributed by atoms with Crippen molar-refractivity contribution < 1.29 is 17.6 Å². The summed E-state index contributed by atoms with van der Waals surface area (Å²) >= 11 is 0. The first-order chi connectivity index (χ1) is 10.3. The van der Waals surface area contributed by atoms with Gasteiger partial charge in [0.2, 0.25) is 5.91 Å². The van der Waals surface area contributed by atoms with Crippen LogP contribution in [0.1, 0.15) is 18.4 Å². The zero-order valence-electron chi connectivity index (χ0n) is 12.8. The van der Waals surface area contributed by atoms with Crippen molar-refractivity contribution in [2.45, 2.75) is 19.4 Å². The summed E-state index contributed by atoms with van der Waals surface area (Å²) in [6, 6.07) is 4.83. The molecule has 1 aromatic rings. The Hall–Kier alpha value is -1.63. The van der Waals surface area contributed by atoms with Gasteiger partial charge in [0.1, 0.15) is 5.82 Å². The van der Waals surface area contributed by atoms with Crippen LogP contribution < -0.4 is 10.2 Å². The van der Waals surface area contributed by atoms with Gasteiger partial charge in [0.05, 0.1) is 17.2 Å². The van der Waals surface area contributed by atoms with E-state index in [2.05, 4.69) is 5.32 Å². The molecule has 0 aliphatic carbocycles. The number of nitrogens with zero attached hydrogens (tertiary/aromatic N) is 1. The molecule has 1 heterocycles. The minimum absolute atomic E-state index is 0.0899. The van der Waals surface area contributed by atoms with E-state index < -0.39 is 9.84 Å². The summed E-state index contributed by atoms with van der Waals surface area (Å²) in [7, 11) is 0.558. The lowest BCUT2D eigenvalue weighted by Gasteiger charge is -2.14. The van der Waals surface area contributed by atoms with Gasteiger partial charge in [-0.25, -0.2) is 12.8 Å². The second-order valence-electron chi connectivity index (χ2n) is 5.93. The summed E-state index contributed by atoms with van der Waals surface area (Å²) in [4.78, 5) is 13.5. The highest BCUT2D eigenvalue weighted by molar-refractivity contribution is 7.91. The Balaban J connectivity index is 1.85. The van der Waals surface area contributed by atoms with Crippen LogP contribution >= 0.6 is 0 Å². The lowest BCUT2D eigenvalue weighted by Crippen LogP contribution is -2.25. The highest BCUT2D eigenvalue weighted by Gasteiger charge is 2.29. The molecular formula is C15H21FN2O3S. The number of carbonyl (C=O) groups is 1. The monoisotopic (exact) mass is 328 g/mol. The van der Waals surface area contributed by atoms with Crippen molar-refractivity contribution in [1.29, 1.82) is 0 Å². The van der Waals surface area contributed by atoms with Gasteiger partial charge < -0.3 is 10.2 Å². The zero-order valence-corrected chi connectivity index (χ0v) is 13.6. The minimum atomic E-state index is -2.96. The molecule has 1 aliphatic rings. The highest BCUT2D eigenvalue weighted by atomic mass is 32.2. The molecule has 1 aliphatic heterocycles. The van der Waals surface area contributed by atoms with Crippen LogP contribution in [0.5, 0.6) is 0 Å². The smallest absolute Gasteiger partial charge is 0.220 e. The normalized spacial score (nSPS) is 19.9. The minimum Gasteiger partial charge on any atom is -0.375 e. The third-order valence-electron chi connectivity index (χ3n) is 3.78. The first-order valence-corrected chi connectivity index (χ1v) is 9.02. The van der Waals surface area contributed by atoms with Crippen molar-refractivity contribution in [1.82, 2.24) is 5.32 Å². The zero-order chi connectivity index (χ0) is 16.3. The van der Waals surface area contributed by atoms with Crippen LogP contribution in [0.4, 0.5) is 10.1 Å². The molecule has 1 fully saturated rings. The predicted octanol–water partition coefficient (Wildman–Crippen LogP) is 1.33. The summed E-state index contributed by atoms with van der Waals surface area (Å²) in [5, 5.41) is 2.72. The number of sulfone groups is 1. The van der Waals surface area contributed by atoms with Crippen molar-refractivity contribution in [3.05, 3.63) is 29.6 Å². The van der Waals surface area contributed by atoms with Crippen LogP contribution in [0.3, 0.4) is 0 Å². The van der Waals surface area contributed by atoms with E-state index in [9.17, 15) is 17.6 Å². The maximum absolute atomic E-state index is 13.8. The van der Waals surface area contributed by atoms with Crippen LogP contribution in [-0.2, 0) is 21.2 Å². The standard InChI is InChI=1S/C15H21FN2O3S/c1-18(2)14-4-3-11(7-13(14)16)9-17-15(19)8-12-5-6-22(20,21)10-12/h3-4,7,12H,5-6,8-10H2,1-2H3,(H,17,19)/t12-/m0/s1. The number of rotatable bonds is 5. The van der Waals surface area contributed by atoms with E-state index in [0.717, 1.165) is 0 Å². The number of amides is 1. The van der Waals surface area contributed by atoms with Gasteiger partial charge in [0.25, 0.3) is 0 Å². The molecule has 1 N–H and O–H groups in total. The van der Waals surface area contributed by atoms with E-state index >= 15 is 0 Å². The van der Waals surface area contributed by atoms with Crippen LogP contribution in [0.2, 0.25) is 0 Å². The Bertz CT molecular complexity index is 659. The molecule has 1 atom stereocenters. The van der Waals surface area contributed by atoms with E-state index in [0.29, 0.717) is 17.7 Å². The summed E-state index contributed by atoms with van der Waals surface area (Å²) < 4.78 is 36.5. The first-order valence-electron chi connectivity index (χ1n) is 7.20. The maximum atomic E-state index is 13.8. The van der Waals surface area contributed by atoms with Gasteiger partial charge in [-0.3, -0.25) is 4.79 Å². The highest BCUT2D eigenvalue weighted by Crippen LogP contribution is 2.21. The van der Waals surface area contributed by atoms with Crippen LogP contribution in [0, 0.1) is 11.7 Å². The van der Waals surface area contributed by atoms with E-state index in [-0.39, 0.29) is 42.1 Å². The van der Waals surface area contributed by atoms with Crippen molar-refractivity contribution in [2.75, 3.05) is 30.5 Å². The van der Waals surface area contributed by atoms with Gasteiger partial charge in [0, 0.05) is 27.1 Å². The molecule has 0 radical (unpaired) electrons. The van der Waals surface area contributed by atoms with Gasteiger partial charge in [-0.05, 0) is 30.0 Å². The van der Waals surface area contributed by atoms with Gasteiger partial charge >= 0.3 is 0 Å². The van der Waals surface area contributed by atoms with Crippen molar-refractivity contribution in [3.63, 3.8) is 0 Å². The quantitative estimate of drug-likeness (QED) is 0.886. The molecule has 0 saturated carbocycles. The fourth-order valence-electron chi connectivity index (χ4n) is 2.59. The number of hydrogen-bond acceptors (Lipinski definition) is 4. The average Bonchev–Trinajstić information content (AvgIpc) is 2.75. The molecular weight excluding hydrogens is 307 g/mol. The van der Waals surface area contributed by atoms with Gasteiger partial charge in [-0.1, -0.05) is 6.07 Å². The number of hydrogen-bond donors (Lipinski definition) is 1. The Kier molecular flexibility index (Phi) is 5.05. The van der Waals surface area contributed by atoms with Crippen LogP contribution in [-0.4, -0.2) is 39.9 Å².